The minimum atomic E-state index is 0.196. The molecular weight excluding hydrogens is 216 g/mol. The maximum absolute atomic E-state index is 5.60. The summed E-state index contributed by atoms with van der Waals surface area (Å²) in [5.74, 6) is 6.98. The maximum atomic E-state index is 5.60. The molecule has 5 heteroatoms. The molecule has 0 aromatic heterocycles. The molecule has 0 aliphatic carbocycles. The molecule has 1 aromatic rings. The summed E-state index contributed by atoms with van der Waals surface area (Å²) in [5, 5.41) is 3.30. The van der Waals surface area contributed by atoms with E-state index in [2.05, 4.69) is 21.8 Å². The molecule has 0 amide bonds. The Morgan fingerprint density at radius 3 is 3.12 bits per heavy atom. The van der Waals surface area contributed by atoms with Gasteiger partial charge in [0.15, 0.2) is 0 Å². The Labute approximate surface area is 101 Å². The Hall–Kier alpha value is -1.75. The van der Waals surface area contributed by atoms with E-state index in [9.17, 15) is 0 Å². The first kappa shape index (κ1) is 11.7. The van der Waals surface area contributed by atoms with E-state index in [-0.39, 0.29) is 6.04 Å². The molecule has 2 rings (SSSR count). The number of hydrogen-bond acceptors (Lipinski definition) is 3. The third-order valence-corrected chi connectivity index (χ3v) is 2.72. The van der Waals surface area contributed by atoms with E-state index < -0.39 is 0 Å². The van der Waals surface area contributed by atoms with E-state index in [1.807, 2.05) is 25.1 Å². The number of para-hydroxylation sites is 1. The molecule has 1 atom stereocenters. The van der Waals surface area contributed by atoms with E-state index in [1.165, 1.54) is 0 Å². The molecular formula is C12H18N4O. The zero-order valence-corrected chi connectivity index (χ0v) is 9.94. The number of nitrogens with zero attached hydrogens (tertiary/aromatic N) is 1. The van der Waals surface area contributed by atoms with Crippen molar-refractivity contribution in [2.24, 2.45) is 10.8 Å². The van der Waals surface area contributed by atoms with Gasteiger partial charge in [-0.3, -0.25) is 10.4 Å². The molecule has 1 aromatic carbocycles. The zero-order valence-electron chi connectivity index (χ0n) is 9.94. The topological polar surface area (TPSA) is 71.7 Å². The standard InChI is InChI=1S/C12H18N4O/c1-2-14-12(16-13)15-10-7-8-17-11-6-4-3-5-9(10)11/h3-6,10H,2,7-8,13H2,1H3,(H2,14,15,16). The Balaban J connectivity index is 2.16. The van der Waals surface area contributed by atoms with Crippen LogP contribution >= 0.6 is 0 Å². The smallest absolute Gasteiger partial charge is 0.206 e. The molecule has 1 unspecified atom stereocenters. The number of guanidine groups is 1. The summed E-state index contributed by atoms with van der Waals surface area (Å²) in [7, 11) is 0. The summed E-state index contributed by atoms with van der Waals surface area (Å²) >= 11 is 0. The number of ether oxygens (including phenoxy) is 1. The largest absolute Gasteiger partial charge is 0.493 e. The second-order valence-electron chi connectivity index (χ2n) is 3.84. The lowest BCUT2D eigenvalue weighted by Crippen LogP contribution is -2.44. The van der Waals surface area contributed by atoms with E-state index in [0.29, 0.717) is 19.1 Å². The molecule has 17 heavy (non-hydrogen) atoms. The van der Waals surface area contributed by atoms with Crippen LogP contribution in [0.2, 0.25) is 0 Å². The maximum Gasteiger partial charge on any atom is 0.206 e. The van der Waals surface area contributed by atoms with E-state index in [1.54, 1.807) is 0 Å². The monoisotopic (exact) mass is 234 g/mol. The Morgan fingerprint density at radius 1 is 1.53 bits per heavy atom. The molecule has 4 N–H and O–H groups in total. The van der Waals surface area contributed by atoms with Crippen LogP contribution in [-0.4, -0.2) is 19.1 Å². The third kappa shape index (κ3) is 2.68. The van der Waals surface area contributed by atoms with Gasteiger partial charge in [0.25, 0.3) is 0 Å². The number of nitrogens with two attached hydrogens (primary N) is 1. The third-order valence-electron chi connectivity index (χ3n) is 2.72. The van der Waals surface area contributed by atoms with Gasteiger partial charge in [-0.1, -0.05) is 18.2 Å². The highest BCUT2D eigenvalue weighted by Gasteiger charge is 2.21. The number of nitrogens with one attached hydrogen (secondary N) is 2. The first-order valence-electron chi connectivity index (χ1n) is 5.84. The average molecular weight is 234 g/mol. The summed E-state index contributed by atoms with van der Waals surface area (Å²) in [6.07, 6.45) is 0.904. The number of aliphatic imine (C=N–C) groups is 1. The number of hydrogen-bond donors (Lipinski definition) is 3. The first-order chi connectivity index (χ1) is 8.35. The first-order valence-corrected chi connectivity index (χ1v) is 5.84. The van der Waals surface area contributed by atoms with Crippen molar-refractivity contribution in [1.29, 1.82) is 0 Å². The lowest BCUT2D eigenvalue weighted by Gasteiger charge is -2.27. The molecule has 0 fully saturated rings. The molecule has 1 aliphatic rings. The molecule has 1 aliphatic heterocycles. The Kier molecular flexibility index (Phi) is 3.82. The van der Waals surface area contributed by atoms with Crippen LogP contribution < -0.4 is 21.3 Å². The minimum absolute atomic E-state index is 0.196. The second-order valence-corrected chi connectivity index (χ2v) is 3.84. The van der Waals surface area contributed by atoms with Crippen molar-refractivity contribution < 1.29 is 4.74 Å². The fourth-order valence-electron chi connectivity index (χ4n) is 1.95. The predicted octanol–water partition coefficient (Wildman–Crippen LogP) is 0.939. The van der Waals surface area contributed by atoms with Gasteiger partial charge in [-0.25, -0.2) is 5.84 Å². The lowest BCUT2D eigenvalue weighted by molar-refractivity contribution is 0.261. The highest BCUT2D eigenvalue weighted by Crippen LogP contribution is 2.31. The highest BCUT2D eigenvalue weighted by atomic mass is 16.5. The molecule has 0 saturated heterocycles. The van der Waals surface area contributed by atoms with Crippen LogP contribution in [0.5, 0.6) is 5.75 Å². The van der Waals surface area contributed by atoms with Crippen molar-refractivity contribution >= 4 is 5.96 Å². The van der Waals surface area contributed by atoms with E-state index in [4.69, 9.17) is 10.6 Å². The molecule has 92 valence electrons. The number of fused-ring (bicyclic) bond motifs is 1. The summed E-state index contributed by atoms with van der Waals surface area (Å²) in [4.78, 5) is 4.24. The van der Waals surface area contributed by atoms with Gasteiger partial charge in [-0.2, -0.15) is 0 Å². The highest BCUT2D eigenvalue weighted by molar-refractivity contribution is 5.79. The molecule has 1 heterocycles. The normalized spacial score (nSPS) is 19.2. The van der Waals surface area contributed by atoms with Crippen LogP contribution in [0.1, 0.15) is 24.9 Å². The molecule has 5 nitrogen and oxygen atoms in total. The summed E-state index contributed by atoms with van der Waals surface area (Å²) in [6.45, 7) is 3.37. The number of rotatable bonds is 2. The van der Waals surface area contributed by atoms with Crippen molar-refractivity contribution in [2.45, 2.75) is 19.4 Å². The van der Waals surface area contributed by atoms with Gasteiger partial charge < -0.3 is 10.1 Å². The quantitative estimate of drug-likeness (QED) is 0.308. The SMILES string of the molecule is CCN=C(NN)NC1CCOc2ccccc21. The van der Waals surface area contributed by atoms with Gasteiger partial charge in [0.2, 0.25) is 5.96 Å². The minimum Gasteiger partial charge on any atom is -0.493 e. The predicted molar refractivity (Wildman–Crippen MR) is 67.7 cm³/mol. The van der Waals surface area contributed by atoms with Crippen LogP contribution in [0.25, 0.3) is 0 Å². The van der Waals surface area contributed by atoms with Crippen LogP contribution in [0.3, 0.4) is 0 Å². The summed E-state index contributed by atoms with van der Waals surface area (Å²) < 4.78 is 5.60. The fourth-order valence-corrected chi connectivity index (χ4v) is 1.95. The molecule has 0 spiro atoms. The van der Waals surface area contributed by atoms with Crippen molar-refractivity contribution in [1.82, 2.24) is 10.7 Å². The summed E-state index contributed by atoms with van der Waals surface area (Å²) in [5.41, 5.74) is 3.73. The van der Waals surface area contributed by atoms with Crippen LogP contribution in [-0.2, 0) is 0 Å². The van der Waals surface area contributed by atoms with E-state index >= 15 is 0 Å². The fraction of sp³-hybridized carbons (Fsp3) is 0.417. The second kappa shape index (κ2) is 5.54. The van der Waals surface area contributed by atoms with Gasteiger partial charge in [0.1, 0.15) is 5.75 Å². The average Bonchev–Trinajstić information content (AvgIpc) is 2.38. The molecule has 0 bridgehead atoms. The number of benzene rings is 1. The van der Waals surface area contributed by atoms with Crippen molar-refractivity contribution in [3.8, 4) is 5.75 Å². The van der Waals surface area contributed by atoms with Gasteiger partial charge >= 0.3 is 0 Å². The van der Waals surface area contributed by atoms with Gasteiger partial charge in [-0.15, -0.1) is 0 Å². The zero-order chi connectivity index (χ0) is 12.1. The van der Waals surface area contributed by atoms with Gasteiger partial charge in [0, 0.05) is 18.5 Å². The van der Waals surface area contributed by atoms with Crippen molar-refractivity contribution in [2.75, 3.05) is 13.2 Å². The van der Waals surface area contributed by atoms with Crippen molar-refractivity contribution in [3.05, 3.63) is 29.8 Å². The van der Waals surface area contributed by atoms with Gasteiger partial charge in [-0.05, 0) is 13.0 Å². The van der Waals surface area contributed by atoms with Crippen LogP contribution in [0, 0.1) is 0 Å². The number of hydrazine groups is 1. The Morgan fingerprint density at radius 2 is 2.35 bits per heavy atom. The summed E-state index contributed by atoms with van der Waals surface area (Å²) in [6, 6.07) is 8.22. The molecule has 0 saturated carbocycles. The van der Waals surface area contributed by atoms with Crippen LogP contribution in [0.15, 0.2) is 29.3 Å². The van der Waals surface area contributed by atoms with Crippen LogP contribution in [0.4, 0.5) is 0 Å². The Bertz CT molecular complexity index is 405. The van der Waals surface area contributed by atoms with E-state index in [0.717, 1.165) is 17.7 Å². The molecule has 0 radical (unpaired) electrons. The lowest BCUT2D eigenvalue weighted by atomic mass is 10.0. The van der Waals surface area contributed by atoms with Crippen molar-refractivity contribution in [3.63, 3.8) is 0 Å². The van der Waals surface area contributed by atoms with Gasteiger partial charge in [0.05, 0.1) is 12.6 Å².